The van der Waals surface area contributed by atoms with Gasteiger partial charge in [-0.3, -0.25) is 4.79 Å². The predicted octanol–water partition coefficient (Wildman–Crippen LogP) is -4.95. The highest BCUT2D eigenvalue weighted by Crippen LogP contribution is 2.45. The number of ether oxygens (including phenoxy) is 5. The van der Waals surface area contributed by atoms with E-state index in [-0.39, 0.29) is 17.1 Å². The van der Waals surface area contributed by atoms with Gasteiger partial charge in [-0.25, -0.2) is 0 Å². The Morgan fingerprint density at radius 2 is 1.15 bits per heavy atom. The van der Waals surface area contributed by atoms with E-state index in [0.29, 0.717) is 0 Å². The Morgan fingerprint density at radius 3 is 1.75 bits per heavy atom. The lowest BCUT2D eigenvalue weighted by molar-refractivity contribution is -0.376. The summed E-state index contributed by atoms with van der Waals surface area (Å²) in [5.74, 6) is -2.92. The van der Waals surface area contributed by atoms with Crippen molar-refractivity contribution in [2.45, 2.75) is 92.1 Å². The van der Waals surface area contributed by atoms with Gasteiger partial charge in [0, 0.05) is 17.7 Å². The lowest BCUT2D eigenvalue weighted by Gasteiger charge is -2.45. The Labute approximate surface area is 296 Å². The maximum atomic E-state index is 13.4. The molecule has 2 aromatic carbocycles. The molecule has 3 aromatic rings. The fourth-order valence-electron chi connectivity index (χ4n) is 6.29. The van der Waals surface area contributed by atoms with Gasteiger partial charge in [-0.05, 0) is 18.2 Å². The SMILES string of the molecule is O=c1cc(-c2ccc(O)c(O[C@@H]3OC(CO)[C@@H](O)[C@H](O)C3O)c2)oc2cc(O)c([C@@H]3OC(O[C@@H]4OC(CO)[C@@H](O)[C@H](O)C4O)[C@@H](O)[C@H](O)C3O)c(O)c12. The molecule has 6 rings (SSSR count). The molecule has 3 saturated heterocycles. The Kier molecular flexibility index (Phi) is 11.2. The number of aromatic hydroxyl groups is 3. The molecule has 53 heavy (non-hydrogen) atoms. The van der Waals surface area contributed by atoms with Gasteiger partial charge in [0.15, 0.2) is 29.5 Å². The molecule has 0 amide bonds. The van der Waals surface area contributed by atoms with Crippen LogP contribution in [0.25, 0.3) is 22.3 Å². The molecule has 3 aliphatic heterocycles. The van der Waals surface area contributed by atoms with E-state index in [1.807, 2.05) is 0 Å². The molecule has 0 aliphatic carbocycles. The number of benzene rings is 2. The predicted molar refractivity (Wildman–Crippen MR) is 168 cm³/mol. The summed E-state index contributed by atoms with van der Waals surface area (Å²) in [4.78, 5) is 13.4. The van der Waals surface area contributed by atoms with E-state index in [2.05, 4.69) is 0 Å². The van der Waals surface area contributed by atoms with Crippen LogP contribution >= 0.6 is 0 Å². The maximum absolute atomic E-state index is 13.4. The van der Waals surface area contributed by atoms with Crippen molar-refractivity contribution in [2.24, 2.45) is 0 Å². The van der Waals surface area contributed by atoms with E-state index in [4.69, 9.17) is 28.1 Å². The minimum Gasteiger partial charge on any atom is -0.507 e. The molecular formula is C32H38O21. The van der Waals surface area contributed by atoms with E-state index in [1.54, 1.807) is 0 Å². The van der Waals surface area contributed by atoms with Crippen LogP contribution in [0, 0.1) is 0 Å². The quantitative estimate of drug-likeness (QED) is 0.102. The van der Waals surface area contributed by atoms with E-state index >= 15 is 0 Å². The first-order valence-corrected chi connectivity index (χ1v) is 16.1. The summed E-state index contributed by atoms with van der Waals surface area (Å²) in [5, 5.41) is 144. The zero-order valence-corrected chi connectivity index (χ0v) is 27.1. The van der Waals surface area contributed by atoms with Gasteiger partial charge in [-0.1, -0.05) is 0 Å². The van der Waals surface area contributed by atoms with Crippen LogP contribution in [0.1, 0.15) is 11.7 Å². The number of fused-ring (bicyclic) bond motifs is 1. The third kappa shape index (κ3) is 7.02. The molecule has 14 N–H and O–H groups in total. The van der Waals surface area contributed by atoms with Crippen LogP contribution in [0.15, 0.2) is 39.5 Å². The van der Waals surface area contributed by atoms with Crippen molar-refractivity contribution in [3.8, 4) is 34.3 Å². The first-order valence-electron chi connectivity index (χ1n) is 16.1. The minimum atomic E-state index is -2.11. The van der Waals surface area contributed by atoms with Crippen LogP contribution in [0.3, 0.4) is 0 Å². The number of aliphatic hydroxyl groups is 11. The summed E-state index contributed by atoms with van der Waals surface area (Å²) in [6, 6.07) is 5.30. The molecule has 6 unspecified atom stereocenters. The molecule has 0 saturated carbocycles. The number of hydrogen-bond donors (Lipinski definition) is 14. The standard InChI is InChI=1S/C32H38O21/c33-6-15-19(38)22(41)26(45)30(50-15)49-13-3-8(1-2-9(13)35)12-4-10(36)17-14(48-12)5-11(37)18(21(17)40)29-25(44)24(43)28(47)32(52-29)53-31-27(46)23(42)20(39)16(7-34)51-31/h1-5,15-16,19-20,22-35,37-47H,6-7H2/t15?,16?,19-,20-,22+,23+,24-,25?,26?,27?,28+,29+,30-,31+,32?/m1/s1. The Morgan fingerprint density at radius 1 is 0.604 bits per heavy atom. The number of phenolic OH excluding ortho intramolecular Hbond substituents is 3. The van der Waals surface area contributed by atoms with Crippen LogP contribution in [0.2, 0.25) is 0 Å². The summed E-state index contributed by atoms with van der Waals surface area (Å²) in [6.45, 7) is -1.57. The zero-order valence-electron chi connectivity index (χ0n) is 27.1. The van der Waals surface area contributed by atoms with Crippen molar-refractivity contribution in [2.75, 3.05) is 13.2 Å². The van der Waals surface area contributed by atoms with Gasteiger partial charge in [-0.2, -0.15) is 0 Å². The monoisotopic (exact) mass is 758 g/mol. The van der Waals surface area contributed by atoms with Crippen LogP contribution in [0.4, 0.5) is 0 Å². The van der Waals surface area contributed by atoms with E-state index in [0.717, 1.165) is 24.3 Å². The molecule has 15 atom stereocenters. The Bertz CT molecular complexity index is 1830. The van der Waals surface area contributed by atoms with Crippen LogP contribution in [-0.2, 0) is 18.9 Å². The van der Waals surface area contributed by atoms with Gasteiger partial charge in [-0.15, -0.1) is 0 Å². The summed E-state index contributed by atoms with van der Waals surface area (Å²) in [7, 11) is 0. The van der Waals surface area contributed by atoms with Crippen molar-refractivity contribution in [3.63, 3.8) is 0 Å². The summed E-state index contributed by atoms with van der Waals surface area (Å²) >= 11 is 0. The van der Waals surface area contributed by atoms with Gasteiger partial charge in [0.1, 0.15) is 101 Å². The number of hydrogen-bond acceptors (Lipinski definition) is 21. The molecule has 0 radical (unpaired) electrons. The molecule has 3 fully saturated rings. The summed E-state index contributed by atoms with van der Waals surface area (Å²) in [5.41, 5.74) is -1.96. The third-order valence-corrected chi connectivity index (χ3v) is 9.32. The van der Waals surface area contributed by atoms with Crippen molar-refractivity contribution in [3.05, 3.63) is 46.1 Å². The number of aliphatic hydroxyl groups excluding tert-OH is 11. The van der Waals surface area contributed by atoms with Gasteiger partial charge in [0.05, 0.1) is 18.8 Å². The van der Waals surface area contributed by atoms with Gasteiger partial charge < -0.3 is 99.6 Å². The maximum Gasteiger partial charge on any atom is 0.229 e. The van der Waals surface area contributed by atoms with E-state index in [1.165, 1.54) is 6.07 Å². The molecule has 21 nitrogen and oxygen atoms in total. The second-order valence-corrected chi connectivity index (χ2v) is 12.7. The first kappa shape index (κ1) is 39.0. The highest BCUT2D eigenvalue weighted by atomic mass is 16.8. The zero-order chi connectivity index (χ0) is 38.6. The molecule has 1 aromatic heterocycles. The van der Waals surface area contributed by atoms with Crippen molar-refractivity contribution in [1.29, 1.82) is 0 Å². The molecular weight excluding hydrogens is 720 g/mol. The van der Waals surface area contributed by atoms with Crippen molar-refractivity contribution >= 4 is 11.0 Å². The molecule has 0 bridgehead atoms. The smallest absolute Gasteiger partial charge is 0.229 e. The topological polar surface area (TPSA) is 360 Å². The largest absolute Gasteiger partial charge is 0.507 e. The average molecular weight is 759 g/mol. The van der Waals surface area contributed by atoms with E-state index < -0.39 is 145 Å². The summed E-state index contributed by atoms with van der Waals surface area (Å²) in [6.07, 6.45) is -27.4. The van der Waals surface area contributed by atoms with Crippen molar-refractivity contribution < 1.29 is 99.6 Å². The van der Waals surface area contributed by atoms with Gasteiger partial charge >= 0.3 is 0 Å². The number of rotatable bonds is 8. The highest BCUT2D eigenvalue weighted by Gasteiger charge is 2.51. The fraction of sp³-hybridized carbons (Fsp3) is 0.531. The van der Waals surface area contributed by atoms with Gasteiger partial charge in [0.2, 0.25) is 6.29 Å². The lowest BCUT2D eigenvalue weighted by atomic mass is 9.91. The normalized spacial score (nSPS) is 37.8. The van der Waals surface area contributed by atoms with Crippen LogP contribution < -0.4 is 10.2 Å². The molecule has 21 heteroatoms. The van der Waals surface area contributed by atoms with E-state index in [9.17, 15) is 76.3 Å². The average Bonchev–Trinajstić information content (AvgIpc) is 3.13. The van der Waals surface area contributed by atoms with Gasteiger partial charge in [0.25, 0.3) is 0 Å². The second kappa shape index (κ2) is 15.2. The van der Waals surface area contributed by atoms with Crippen LogP contribution in [-0.4, -0.2) is 171 Å². The molecule has 0 spiro atoms. The fourth-order valence-corrected chi connectivity index (χ4v) is 6.29. The van der Waals surface area contributed by atoms with Crippen LogP contribution in [0.5, 0.6) is 23.0 Å². The summed E-state index contributed by atoms with van der Waals surface area (Å²) < 4.78 is 32.8. The van der Waals surface area contributed by atoms with Crippen molar-refractivity contribution in [1.82, 2.24) is 0 Å². The Balaban J connectivity index is 1.29. The molecule has 3 aliphatic rings. The minimum absolute atomic E-state index is 0.0563. The molecule has 292 valence electrons. The second-order valence-electron chi connectivity index (χ2n) is 12.7. The highest BCUT2D eigenvalue weighted by molar-refractivity contribution is 5.88. The lowest BCUT2D eigenvalue weighted by Crippen LogP contribution is -2.62. The number of phenols is 3. The Hall–Kier alpha value is -3.75. The molecule has 4 heterocycles. The first-order chi connectivity index (χ1) is 25.1. The third-order valence-electron chi connectivity index (χ3n) is 9.32.